The highest BCUT2D eigenvalue weighted by Gasteiger charge is 2.04. The van der Waals surface area contributed by atoms with Crippen molar-refractivity contribution < 1.29 is 9.53 Å². The highest BCUT2D eigenvalue weighted by molar-refractivity contribution is 5.95. The molecule has 0 aliphatic heterocycles. The molecule has 0 N–H and O–H groups in total. The number of hydrogen-bond donors (Lipinski definition) is 0. The molecule has 1 aromatic rings. The Balaban J connectivity index is 2.32. The SMILES string of the molecule is C=COCCCC(=O)c1cccnc1. The molecule has 1 aromatic heterocycles. The number of pyridine rings is 1. The molecule has 3 nitrogen and oxygen atoms in total. The van der Waals surface area contributed by atoms with Crippen molar-refractivity contribution in [1.29, 1.82) is 0 Å². The van der Waals surface area contributed by atoms with Gasteiger partial charge in [0.05, 0.1) is 12.9 Å². The molecule has 0 aliphatic rings. The van der Waals surface area contributed by atoms with Crippen molar-refractivity contribution in [3.8, 4) is 0 Å². The quantitative estimate of drug-likeness (QED) is 0.393. The molecular weight excluding hydrogens is 178 g/mol. The first kappa shape index (κ1) is 10.4. The standard InChI is InChI=1S/C11H13NO2/c1-2-14-8-4-6-11(13)10-5-3-7-12-9-10/h2-3,5,7,9H,1,4,6,8H2. The lowest BCUT2D eigenvalue weighted by Gasteiger charge is -2.00. The molecule has 0 saturated carbocycles. The van der Waals surface area contributed by atoms with E-state index in [2.05, 4.69) is 11.6 Å². The second kappa shape index (κ2) is 5.91. The minimum Gasteiger partial charge on any atom is -0.502 e. The van der Waals surface area contributed by atoms with Gasteiger partial charge in [0.1, 0.15) is 0 Å². The van der Waals surface area contributed by atoms with Crippen LogP contribution in [0.3, 0.4) is 0 Å². The van der Waals surface area contributed by atoms with Crippen molar-refractivity contribution in [2.45, 2.75) is 12.8 Å². The van der Waals surface area contributed by atoms with Gasteiger partial charge in [0.15, 0.2) is 5.78 Å². The van der Waals surface area contributed by atoms with Crippen molar-refractivity contribution in [1.82, 2.24) is 4.98 Å². The van der Waals surface area contributed by atoms with Crippen LogP contribution in [0.25, 0.3) is 0 Å². The summed E-state index contributed by atoms with van der Waals surface area (Å²) in [4.78, 5) is 15.4. The highest BCUT2D eigenvalue weighted by atomic mass is 16.5. The van der Waals surface area contributed by atoms with Crippen molar-refractivity contribution in [2.24, 2.45) is 0 Å². The number of ether oxygens (including phenoxy) is 1. The van der Waals surface area contributed by atoms with Crippen molar-refractivity contribution >= 4 is 5.78 Å². The Labute approximate surface area is 83.4 Å². The molecule has 0 aliphatic carbocycles. The maximum Gasteiger partial charge on any atom is 0.164 e. The highest BCUT2D eigenvalue weighted by Crippen LogP contribution is 2.03. The van der Waals surface area contributed by atoms with E-state index in [1.165, 1.54) is 6.26 Å². The summed E-state index contributed by atoms with van der Waals surface area (Å²) in [6.45, 7) is 3.96. The maximum atomic E-state index is 11.5. The van der Waals surface area contributed by atoms with Gasteiger partial charge in [-0.25, -0.2) is 0 Å². The van der Waals surface area contributed by atoms with E-state index < -0.39 is 0 Å². The third-order valence-electron chi connectivity index (χ3n) is 1.77. The first-order chi connectivity index (χ1) is 6.84. The summed E-state index contributed by atoms with van der Waals surface area (Å²) < 4.78 is 4.92. The van der Waals surface area contributed by atoms with Gasteiger partial charge in [-0.15, -0.1) is 0 Å². The normalized spacial score (nSPS) is 9.43. The van der Waals surface area contributed by atoms with Gasteiger partial charge in [0.2, 0.25) is 0 Å². The van der Waals surface area contributed by atoms with Gasteiger partial charge in [0, 0.05) is 24.4 Å². The Morgan fingerprint density at radius 2 is 2.50 bits per heavy atom. The molecule has 0 unspecified atom stereocenters. The zero-order valence-electron chi connectivity index (χ0n) is 7.98. The smallest absolute Gasteiger partial charge is 0.164 e. The largest absolute Gasteiger partial charge is 0.502 e. The molecular formula is C11H13NO2. The second-order valence-electron chi connectivity index (χ2n) is 2.81. The number of ketones is 1. The fourth-order valence-corrected chi connectivity index (χ4v) is 1.07. The Hall–Kier alpha value is -1.64. The van der Waals surface area contributed by atoms with Crippen LogP contribution in [-0.4, -0.2) is 17.4 Å². The average molecular weight is 191 g/mol. The Morgan fingerprint density at radius 3 is 3.14 bits per heavy atom. The van der Waals surface area contributed by atoms with Crippen LogP contribution >= 0.6 is 0 Å². The fraction of sp³-hybridized carbons (Fsp3) is 0.273. The summed E-state index contributed by atoms with van der Waals surface area (Å²) in [5, 5.41) is 0. The van der Waals surface area contributed by atoms with Crippen molar-refractivity contribution in [2.75, 3.05) is 6.61 Å². The Morgan fingerprint density at radius 1 is 1.64 bits per heavy atom. The number of Topliss-reactive ketones (excluding diaryl/α,β-unsaturated/α-hetero) is 1. The minimum atomic E-state index is 0.103. The molecule has 0 atom stereocenters. The predicted molar refractivity (Wildman–Crippen MR) is 54.0 cm³/mol. The molecule has 14 heavy (non-hydrogen) atoms. The number of hydrogen-bond acceptors (Lipinski definition) is 3. The van der Waals surface area contributed by atoms with Gasteiger partial charge in [-0.2, -0.15) is 0 Å². The fourth-order valence-electron chi connectivity index (χ4n) is 1.07. The average Bonchev–Trinajstić information content (AvgIpc) is 2.25. The van der Waals surface area contributed by atoms with Crippen LogP contribution in [0.15, 0.2) is 37.4 Å². The van der Waals surface area contributed by atoms with E-state index in [0.717, 1.165) is 0 Å². The number of nitrogens with zero attached hydrogens (tertiary/aromatic N) is 1. The van der Waals surface area contributed by atoms with Gasteiger partial charge in [-0.1, -0.05) is 6.58 Å². The summed E-state index contributed by atoms with van der Waals surface area (Å²) in [7, 11) is 0. The van der Waals surface area contributed by atoms with E-state index in [4.69, 9.17) is 4.74 Å². The molecule has 0 aromatic carbocycles. The number of aromatic nitrogens is 1. The van der Waals surface area contributed by atoms with Gasteiger partial charge in [-0.3, -0.25) is 9.78 Å². The topological polar surface area (TPSA) is 39.2 Å². The number of carbonyl (C=O) groups excluding carboxylic acids is 1. The molecule has 74 valence electrons. The molecule has 1 rings (SSSR count). The zero-order valence-corrected chi connectivity index (χ0v) is 7.98. The molecule has 0 amide bonds. The third-order valence-corrected chi connectivity index (χ3v) is 1.77. The Kier molecular flexibility index (Phi) is 4.41. The van der Waals surface area contributed by atoms with Gasteiger partial charge < -0.3 is 4.74 Å². The lowest BCUT2D eigenvalue weighted by atomic mass is 10.1. The lowest BCUT2D eigenvalue weighted by molar-refractivity contribution is 0.0969. The van der Waals surface area contributed by atoms with Crippen molar-refractivity contribution in [3.63, 3.8) is 0 Å². The third kappa shape index (κ3) is 3.39. The summed E-state index contributed by atoms with van der Waals surface area (Å²) in [6, 6.07) is 3.52. The molecule has 3 heteroatoms. The number of rotatable bonds is 6. The van der Waals surface area contributed by atoms with E-state index in [1.807, 2.05) is 0 Å². The summed E-state index contributed by atoms with van der Waals surface area (Å²) in [6.07, 6.45) is 5.81. The van der Waals surface area contributed by atoms with Crippen LogP contribution in [0.2, 0.25) is 0 Å². The van der Waals surface area contributed by atoms with Crippen LogP contribution in [0.1, 0.15) is 23.2 Å². The minimum absolute atomic E-state index is 0.103. The van der Waals surface area contributed by atoms with Crippen LogP contribution in [0.5, 0.6) is 0 Å². The molecule has 0 spiro atoms. The Bertz CT molecular complexity index is 295. The maximum absolute atomic E-state index is 11.5. The molecule has 0 radical (unpaired) electrons. The zero-order chi connectivity index (χ0) is 10.2. The van der Waals surface area contributed by atoms with Crippen LogP contribution in [-0.2, 0) is 4.74 Å². The lowest BCUT2D eigenvalue weighted by Crippen LogP contribution is -2.01. The second-order valence-corrected chi connectivity index (χ2v) is 2.81. The molecule has 0 saturated heterocycles. The molecule has 0 fully saturated rings. The first-order valence-electron chi connectivity index (χ1n) is 4.50. The van der Waals surface area contributed by atoms with E-state index in [9.17, 15) is 4.79 Å². The summed E-state index contributed by atoms with van der Waals surface area (Å²) in [5.41, 5.74) is 0.658. The van der Waals surface area contributed by atoms with E-state index in [1.54, 1.807) is 24.5 Å². The van der Waals surface area contributed by atoms with Crippen molar-refractivity contribution in [3.05, 3.63) is 42.9 Å². The van der Waals surface area contributed by atoms with Gasteiger partial charge in [-0.05, 0) is 18.6 Å². The van der Waals surface area contributed by atoms with Gasteiger partial charge >= 0.3 is 0 Å². The van der Waals surface area contributed by atoms with Gasteiger partial charge in [0.25, 0.3) is 0 Å². The van der Waals surface area contributed by atoms with E-state index in [-0.39, 0.29) is 5.78 Å². The van der Waals surface area contributed by atoms with E-state index >= 15 is 0 Å². The summed E-state index contributed by atoms with van der Waals surface area (Å²) >= 11 is 0. The molecule has 1 heterocycles. The first-order valence-corrected chi connectivity index (χ1v) is 4.50. The summed E-state index contributed by atoms with van der Waals surface area (Å²) in [5.74, 6) is 0.103. The van der Waals surface area contributed by atoms with Crippen LogP contribution < -0.4 is 0 Å². The molecule has 0 bridgehead atoms. The number of carbonyl (C=O) groups is 1. The van der Waals surface area contributed by atoms with Crippen LogP contribution in [0, 0.1) is 0 Å². The predicted octanol–water partition coefficient (Wildman–Crippen LogP) is 2.20. The monoisotopic (exact) mass is 191 g/mol. The van der Waals surface area contributed by atoms with Crippen LogP contribution in [0.4, 0.5) is 0 Å². The van der Waals surface area contributed by atoms with E-state index in [0.29, 0.717) is 25.0 Å².